The van der Waals surface area contributed by atoms with Gasteiger partial charge in [0.25, 0.3) is 0 Å². The van der Waals surface area contributed by atoms with E-state index < -0.39 is 29.4 Å². The van der Waals surface area contributed by atoms with Gasteiger partial charge in [0, 0.05) is 0 Å². The number of aliphatic hydroxyl groups is 1. The first-order chi connectivity index (χ1) is 11.2. The summed E-state index contributed by atoms with van der Waals surface area (Å²) in [5, 5.41) is 10.8. The van der Waals surface area contributed by atoms with Crippen molar-refractivity contribution in [2.24, 2.45) is 5.73 Å². The number of hydrogen-bond acceptors (Lipinski definition) is 2. The SMILES string of the molecule is C[SiH](C)[Ti]([Cl])([Cl])([CH](O)C(N)=O)[CH]1c2ccccc2-c2ccccc21. The molecule has 1 aliphatic carbocycles. The molecule has 0 bridgehead atoms. The molecule has 1 aliphatic rings. The fraction of sp³-hybridized carbons (Fsp3) is 0.235. The number of halogens is 2. The maximum absolute atomic E-state index is 11.9. The molecule has 0 spiro atoms. The summed E-state index contributed by atoms with van der Waals surface area (Å²) in [6, 6.07) is 15.9. The third-order valence-corrected chi connectivity index (χ3v) is 39.6. The molecule has 3 rings (SSSR count). The number of nitrogens with two attached hydrogens (primary N) is 1. The second-order valence-corrected chi connectivity index (χ2v) is 36.0. The van der Waals surface area contributed by atoms with Crippen molar-refractivity contribution in [3.05, 3.63) is 59.7 Å². The maximum atomic E-state index is 11.9. The molecule has 3 N–H and O–H groups in total. The van der Waals surface area contributed by atoms with E-state index in [4.69, 9.17) is 24.3 Å². The summed E-state index contributed by atoms with van der Waals surface area (Å²) in [5.74, 6) is -0.819. The summed E-state index contributed by atoms with van der Waals surface area (Å²) in [4.78, 5) is 11.9. The molecule has 2 aromatic carbocycles. The fourth-order valence-electron chi connectivity index (χ4n) is 3.83. The number of rotatable bonds is 4. The van der Waals surface area contributed by atoms with E-state index in [1.807, 2.05) is 61.6 Å². The third kappa shape index (κ3) is 2.36. The Morgan fingerprint density at radius 3 is 1.88 bits per heavy atom. The molecule has 0 aromatic heterocycles. The van der Waals surface area contributed by atoms with Crippen LogP contribution in [0.3, 0.4) is 0 Å². The summed E-state index contributed by atoms with van der Waals surface area (Å²) in [5.41, 5.74) is 9.61. The van der Waals surface area contributed by atoms with Crippen molar-refractivity contribution >= 4 is 31.2 Å². The molecular weight excluding hydrogens is 397 g/mol. The van der Waals surface area contributed by atoms with Crippen LogP contribution in [0.25, 0.3) is 11.1 Å². The summed E-state index contributed by atoms with van der Waals surface area (Å²) < 4.78 is -1.80. The number of aliphatic hydroxyl groups excluding tert-OH is 1. The molecule has 0 saturated carbocycles. The van der Waals surface area contributed by atoms with E-state index in [-0.39, 0.29) is 4.22 Å². The van der Waals surface area contributed by atoms with Crippen molar-refractivity contribution in [2.75, 3.05) is 0 Å². The Morgan fingerprint density at radius 1 is 1.08 bits per heavy atom. The van der Waals surface area contributed by atoms with Crippen LogP contribution in [0.2, 0.25) is 13.1 Å². The van der Waals surface area contributed by atoms with Crippen molar-refractivity contribution in [3.63, 3.8) is 0 Å². The predicted octanol–water partition coefficient (Wildman–Crippen LogP) is 3.54. The monoisotopic (exact) mass is 416 g/mol. The first kappa shape index (κ1) is 18.2. The molecule has 7 heteroatoms. The number of benzene rings is 2. The zero-order chi connectivity index (χ0) is 17.7. The zero-order valence-corrected chi connectivity index (χ0v) is 17.8. The van der Waals surface area contributed by atoms with Gasteiger partial charge in [0.15, 0.2) is 0 Å². The fourth-order valence-corrected chi connectivity index (χ4v) is 20.2. The molecule has 3 nitrogen and oxygen atoms in total. The van der Waals surface area contributed by atoms with Crippen molar-refractivity contribution in [1.82, 2.24) is 0 Å². The van der Waals surface area contributed by atoms with Crippen LogP contribution in [-0.4, -0.2) is 22.1 Å². The Bertz CT molecular complexity index is 782. The molecule has 24 heavy (non-hydrogen) atoms. The van der Waals surface area contributed by atoms with Crippen molar-refractivity contribution in [2.45, 2.75) is 21.7 Å². The van der Waals surface area contributed by atoms with E-state index in [2.05, 4.69) is 0 Å². The van der Waals surface area contributed by atoms with Crippen molar-refractivity contribution < 1.29 is 22.3 Å². The van der Waals surface area contributed by atoms with Gasteiger partial charge in [0.1, 0.15) is 0 Å². The molecule has 127 valence electrons. The van der Waals surface area contributed by atoms with Gasteiger partial charge in [-0.15, -0.1) is 0 Å². The van der Waals surface area contributed by atoms with Crippen LogP contribution in [-0.2, 0) is 17.2 Å². The van der Waals surface area contributed by atoms with Crippen molar-refractivity contribution in [1.29, 1.82) is 0 Å². The van der Waals surface area contributed by atoms with Gasteiger partial charge in [0.2, 0.25) is 0 Å². The number of carbonyl (C=O) groups is 1. The second kappa shape index (κ2) is 5.98. The average molecular weight is 417 g/mol. The van der Waals surface area contributed by atoms with Crippen LogP contribution in [0, 0.1) is 0 Å². The van der Waals surface area contributed by atoms with Crippen LogP contribution in [0.5, 0.6) is 0 Å². The van der Waals surface area contributed by atoms with Crippen LogP contribution < -0.4 is 5.73 Å². The molecule has 0 saturated heterocycles. The summed E-state index contributed by atoms with van der Waals surface area (Å²) >= 11 is -4.76. The van der Waals surface area contributed by atoms with Gasteiger partial charge in [-0.2, -0.15) is 0 Å². The zero-order valence-electron chi connectivity index (χ0n) is 13.5. The number of amides is 1. The van der Waals surface area contributed by atoms with Crippen LogP contribution in [0.1, 0.15) is 15.3 Å². The quantitative estimate of drug-likeness (QED) is 0.748. The summed E-state index contributed by atoms with van der Waals surface area (Å²) in [6.07, 6.45) is 0. The molecule has 0 aliphatic heterocycles. The van der Waals surface area contributed by atoms with Gasteiger partial charge < -0.3 is 0 Å². The number of primary amides is 1. The topological polar surface area (TPSA) is 63.3 Å². The number of carbonyl (C=O) groups excluding carboxylic acids is 1. The Kier molecular flexibility index (Phi) is 4.53. The van der Waals surface area contributed by atoms with Crippen LogP contribution in [0.4, 0.5) is 0 Å². The van der Waals surface area contributed by atoms with E-state index >= 15 is 0 Å². The predicted molar refractivity (Wildman–Crippen MR) is 99.5 cm³/mol. The van der Waals surface area contributed by atoms with Gasteiger partial charge in [-0.1, -0.05) is 0 Å². The molecule has 0 radical (unpaired) electrons. The molecule has 0 fully saturated rings. The van der Waals surface area contributed by atoms with E-state index in [0.29, 0.717) is 0 Å². The van der Waals surface area contributed by atoms with Gasteiger partial charge in [-0.3, -0.25) is 0 Å². The van der Waals surface area contributed by atoms with E-state index in [0.717, 1.165) is 22.3 Å². The van der Waals surface area contributed by atoms with Gasteiger partial charge in [-0.25, -0.2) is 0 Å². The van der Waals surface area contributed by atoms with Crippen molar-refractivity contribution in [3.8, 4) is 11.1 Å². The van der Waals surface area contributed by atoms with E-state index in [1.165, 1.54) is 0 Å². The van der Waals surface area contributed by atoms with E-state index in [9.17, 15) is 9.90 Å². The molecule has 1 atom stereocenters. The first-order valence-electron chi connectivity index (χ1n) is 7.92. The minimum atomic E-state index is -4.76. The van der Waals surface area contributed by atoms with Crippen LogP contribution >= 0.6 is 18.6 Å². The Labute approximate surface area is 151 Å². The normalized spacial score (nSPS) is 17.0. The van der Waals surface area contributed by atoms with Gasteiger partial charge in [0.05, 0.1) is 0 Å². The number of fused-ring (bicyclic) bond motifs is 3. The van der Waals surface area contributed by atoms with Crippen LogP contribution in [0.15, 0.2) is 48.5 Å². The minimum absolute atomic E-state index is 0.327. The van der Waals surface area contributed by atoms with Gasteiger partial charge in [-0.05, 0) is 0 Å². The third-order valence-electron chi connectivity index (χ3n) is 5.28. The summed E-state index contributed by atoms with van der Waals surface area (Å²) in [7, 11) is 14.4. The Hall–Kier alpha value is -0.619. The van der Waals surface area contributed by atoms with E-state index in [1.54, 1.807) is 0 Å². The first-order valence-corrected chi connectivity index (χ1v) is 19.6. The molecule has 1 amide bonds. The Balaban J connectivity index is 2.36. The average Bonchev–Trinajstić information content (AvgIpc) is 2.89. The van der Waals surface area contributed by atoms with Gasteiger partial charge >= 0.3 is 152 Å². The molecule has 2 aromatic rings. The molecule has 0 heterocycles. The molecular formula is C17H20Cl2NO2SiTi. The second-order valence-electron chi connectivity index (χ2n) is 6.79. The standard InChI is InChI=1S/C13H9.C2H4NO2.C2H7Si.2ClH.Ti/c1-3-7-12-10(5-1)9-11-6-2-4-8-13(11)12;3-2(5)1-4;1-3-2;;;/h1-9H;1,4H,(H2,3,5);3H,1-2H3;2*1H;/q;;;;;+2/p-2. The number of hydrogen-bond donors (Lipinski definition) is 2. The Morgan fingerprint density at radius 2 is 1.50 bits per heavy atom. The molecule has 1 unspecified atom stereocenters. The summed E-state index contributed by atoms with van der Waals surface area (Å²) in [6.45, 7) is 2.19.